The number of ether oxygens (including phenoxy) is 1. The van der Waals surface area contributed by atoms with Crippen LogP contribution in [0.3, 0.4) is 0 Å². The molecule has 0 aliphatic carbocycles. The maximum absolute atomic E-state index is 11.5. The van der Waals surface area contributed by atoms with E-state index in [1.165, 1.54) is 6.20 Å². The first kappa shape index (κ1) is 13.8. The predicted molar refractivity (Wildman–Crippen MR) is 72.9 cm³/mol. The van der Waals surface area contributed by atoms with E-state index in [1.54, 1.807) is 22.5 Å². The Bertz CT molecular complexity index is 603. The highest BCUT2D eigenvalue weighted by molar-refractivity contribution is 9.10. The fourth-order valence-electron chi connectivity index (χ4n) is 1.78. The summed E-state index contributed by atoms with van der Waals surface area (Å²) in [7, 11) is 1.88. The highest BCUT2D eigenvalue weighted by atomic mass is 79.9. The van der Waals surface area contributed by atoms with E-state index in [4.69, 9.17) is 4.74 Å². The topological polar surface area (TPSA) is 61.9 Å². The van der Waals surface area contributed by atoms with Gasteiger partial charge in [0.25, 0.3) is 0 Å². The van der Waals surface area contributed by atoms with E-state index in [-0.39, 0.29) is 5.97 Å². The molecule has 2 aromatic rings. The van der Waals surface area contributed by atoms with Crippen LogP contribution in [0.25, 0.3) is 0 Å². The van der Waals surface area contributed by atoms with Crippen LogP contribution in [0.2, 0.25) is 0 Å². The lowest BCUT2D eigenvalue weighted by Gasteiger charge is -2.03. The van der Waals surface area contributed by atoms with Crippen molar-refractivity contribution in [2.75, 3.05) is 6.61 Å². The molecule has 19 heavy (non-hydrogen) atoms. The zero-order valence-electron chi connectivity index (χ0n) is 11.1. The third-order valence-corrected chi connectivity index (χ3v) is 3.75. The maximum Gasteiger partial charge on any atom is 0.341 e. The molecule has 2 aromatic heterocycles. The Morgan fingerprint density at radius 3 is 2.84 bits per heavy atom. The van der Waals surface area contributed by atoms with Gasteiger partial charge in [0, 0.05) is 13.2 Å². The van der Waals surface area contributed by atoms with Gasteiger partial charge in [-0.25, -0.2) is 4.79 Å². The summed E-state index contributed by atoms with van der Waals surface area (Å²) >= 11 is 3.50. The third-order valence-electron chi connectivity index (χ3n) is 2.72. The monoisotopic (exact) mass is 326 g/mol. The lowest BCUT2D eigenvalue weighted by Crippen LogP contribution is -2.07. The van der Waals surface area contributed by atoms with Gasteiger partial charge < -0.3 is 4.74 Å². The van der Waals surface area contributed by atoms with Gasteiger partial charge in [0.1, 0.15) is 0 Å². The summed E-state index contributed by atoms with van der Waals surface area (Å²) in [5.74, 6) is -0.353. The molecule has 0 fully saturated rings. The first-order valence-corrected chi connectivity index (χ1v) is 6.69. The zero-order valence-corrected chi connectivity index (χ0v) is 12.6. The molecule has 0 aliphatic heterocycles. The number of rotatable bonds is 4. The molecule has 0 bridgehead atoms. The lowest BCUT2D eigenvalue weighted by molar-refractivity contribution is 0.0526. The van der Waals surface area contributed by atoms with Gasteiger partial charge in [0.15, 0.2) is 0 Å². The fourth-order valence-corrected chi connectivity index (χ4v) is 2.24. The van der Waals surface area contributed by atoms with Crippen LogP contribution in [-0.2, 0) is 18.3 Å². The summed E-state index contributed by atoms with van der Waals surface area (Å²) in [6.07, 6.45) is 3.18. The van der Waals surface area contributed by atoms with Crippen LogP contribution >= 0.6 is 15.9 Å². The number of hydrogen-bond donors (Lipinski definition) is 0. The molecule has 0 spiro atoms. The predicted octanol–water partition coefficient (Wildman–Crippen LogP) is 1.91. The molecule has 0 saturated heterocycles. The second kappa shape index (κ2) is 5.56. The van der Waals surface area contributed by atoms with E-state index >= 15 is 0 Å². The number of halogens is 1. The zero-order chi connectivity index (χ0) is 14.0. The van der Waals surface area contributed by atoms with E-state index < -0.39 is 0 Å². The lowest BCUT2D eigenvalue weighted by atomic mass is 10.3. The molecule has 0 radical (unpaired) electrons. The SMILES string of the molecule is CCOC(=O)c1cnn(Cc2c(Br)c(C)nn2C)c1. The molecule has 0 atom stereocenters. The van der Waals surface area contributed by atoms with Gasteiger partial charge in [-0.2, -0.15) is 10.2 Å². The molecule has 2 heterocycles. The Kier molecular flexibility index (Phi) is 4.04. The number of aromatic nitrogens is 4. The Morgan fingerprint density at radius 1 is 1.53 bits per heavy atom. The van der Waals surface area contributed by atoms with Crippen molar-refractivity contribution in [1.29, 1.82) is 0 Å². The first-order valence-electron chi connectivity index (χ1n) is 5.90. The Hall–Kier alpha value is -1.63. The van der Waals surface area contributed by atoms with Gasteiger partial charge in [0.05, 0.1) is 40.8 Å². The van der Waals surface area contributed by atoms with E-state index in [0.29, 0.717) is 18.7 Å². The van der Waals surface area contributed by atoms with Crippen molar-refractivity contribution in [1.82, 2.24) is 19.6 Å². The smallest absolute Gasteiger partial charge is 0.341 e. The molecule has 102 valence electrons. The van der Waals surface area contributed by atoms with Crippen molar-refractivity contribution in [2.24, 2.45) is 7.05 Å². The number of aryl methyl sites for hydroxylation is 2. The molecule has 0 aromatic carbocycles. The van der Waals surface area contributed by atoms with Crippen LogP contribution in [0.15, 0.2) is 16.9 Å². The van der Waals surface area contributed by atoms with Crippen molar-refractivity contribution in [2.45, 2.75) is 20.4 Å². The summed E-state index contributed by atoms with van der Waals surface area (Å²) in [5, 5.41) is 8.48. The molecule has 0 unspecified atom stereocenters. The number of carbonyl (C=O) groups excluding carboxylic acids is 1. The Labute approximate surface area is 119 Å². The van der Waals surface area contributed by atoms with E-state index in [1.807, 2.05) is 14.0 Å². The average molecular weight is 327 g/mol. The van der Waals surface area contributed by atoms with Gasteiger partial charge >= 0.3 is 5.97 Å². The van der Waals surface area contributed by atoms with Gasteiger partial charge in [-0.1, -0.05) is 0 Å². The quantitative estimate of drug-likeness (QED) is 0.805. The van der Waals surface area contributed by atoms with Crippen LogP contribution in [0.4, 0.5) is 0 Å². The van der Waals surface area contributed by atoms with Crippen LogP contribution in [0.1, 0.15) is 28.7 Å². The number of hydrogen-bond acceptors (Lipinski definition) is 4. The second-order valence-corrected chi connectivity index (χ2v) is 4.91. The molecule has 0 saturated carbocycles. The molecule has 0 aliphatic rings. The highest BCUT2D eigenvalue weighted by Gasteiger charge is 2.13. The minimum absolute atomic E-state index is 0.353. The van der Waals surface area contributed by atoms with Crippen molar-refractivity contribution in [3.8, 4) is 0 Å². The van der Waals surface area contributed by atoms with Crippen LogP contribution in [0.5, 0.6) is 0 Å². The summed E-state index contributed by atoms with van der Waals surface area (Å²) < 4.78 is 9.37. The third kappa shape index (κ3) is 2.86. The fraction of sp³-hybridized carbons (Fsp3) is 0.417. The normalized spacial score (nSPS) is 10.7. The van der Waals surface area contributed by atoms with Crippen molar-refractivity contribution < 1.29 is 9.53 Å². The maximum atomic E-state index is 11.5. The van der Waals surface area contributed by atoms with Crippen LogP contribution in [0, 0.1) is 6.92 Å². The standard InChI is InChI=1S/C12H15BrN4O2/c1-4-19-12(18)9-5-14-17(6-9)7-10-11(13)8(2)15-16(10)3/h5-6H,4,7H2,1-3H3. The number of esters is 1. The van der Waals surface area contributed by atoms with Gasteiger partial charge in [-0.05, 0) is 29.8 Å². The minimum atomic E-state index is -0.353. The van der Waals surface area contributed by atoms with E-state index in [2.05, 4.69) is 26.1 Å². The van der Waals surface area contributed by atoms with Crippen molar-refractivity contribution >= 4 is 21.9 Å². The Balaban J connectivity index is 2.18. The largest absolute Gasteiger partial charge is 0.462 e. The molecular weight excluding hydrogens is 312 g/mol. The number of carbonyl (C=O) groups is 1. The van der Waals surface area contributed by atoms with E-state index in [9.17, 15) is 4.79 Å². The van der Waals surface area contributed by atoms with Gasteiger partial charge in [-0.3, -0.25) is 9.36 Å². The summed E-state index contributed by atoms with van der Waals surface area (Å²) in [6.45, 7) is 4.60. The Morgan fingerprint density at radius 2 is 2.26 bits per heavy atom. The molecule has 7 heteroatoms. The molecule has 0 N–H and O–H groups in total. The second-order valence-electron chi connectivity index (χ2n) is 4.12. The van der Waals surface area contributed by atoms with Crippen molar-refractivity contribution in [3.05, 3.63) is 33.8 Å². The summed E-state index contributed by atoms with van der Waals surface area (Å²) in [6, 6.07) is 0. The first-order chi connectivity index (χ1) is 9.02. The van der Waals surface area contributed by atoms with Crippen molar-refractivity contribution in [3.63, 3.8) is 0 Å². The van der Waals surface area contributed by atoms with Crippen LogP contribution in [-0.4, -0.2) is 32.1 Å². The van der Waals surface area contributed by atoms with E-state index in [0.717, 1.165) is 15.9 Å². The molecule has 0 amide bonds. The number of nitrogens with zero attached hydrogens (tertiary/aromatic N) is 4. The summed E-state index contributed by atoms with van der Waals surface area (Å²) in [5.41, 5.74) is 2.38. The van der Waals surface area contributed by atoms with Crippen LogP contribution < -0.4 is 0 Å². The van der Waals surface area contributed by atoms with Gasteiger partial charge in [0.2, 0.25) is 0 Å². The summed E-state index contributed by atoms with van der Waals surface area (Å²) in [4.78, 5) is 11.5. The van der Waals surface area contributed by atoms with Gasteiger partial charge in [-0.15, -0.1) is 0 Å². The molecular formula is C12H15BrN4O2. The molecule has 6 nitrogen and oxygen atoms in total. The minimum Gasteiger partial charge on any atom is -0.462 e. The molecule has 2 rings (SSSR count). The average Bonchev–Trinajstić information content (AvgIpc) is 2.91. The highest BCUT2D eigenvalue weighted by Crippen LogP contribution is 2.21.